The summed E-state index contributed by atoms with van der Waals surface area (Å²) >= 11 is 0. The van der Waals surface area contributed by atoms with E-state index in [4.69, 9.17) is 4.74 Å². The van der Waals surface area contributed by atoms with E-state index < -0.39 is 17.4 Å². The molecule has 0 spiro atoms. The Hall–Kier alpha value is -4.80. The molecule has 0 saturated heterocycles. The van der Waals surface area contributed by atoms with E-state index in [0.29, 0.717) is 23.0 Å². The van der Waals surface area contributed by atoms with Crippen LogP contribution in [0.3, 0.4) is 0 Å². The van der Waals surface area contributed by atoms with Crippen LogP contribution in [0.4, 0.5) is 15.9 Å². The number of pyridine rings is 1. The fraction of sp³-hybridized carbons (Fsp3) is 0.160. The van der Waals surface area contributed by atoms with Crippen LogP contribution in [-0.2, 0) is 11.8 Å². The molecule has 1 saturated carbocycles. The molecule has 5 rings (SSSR count). The minimum absolute atomic E-state index is 0.0454. The Morgan fingerprint density at radius 3 is 2.50 bits per heavy atom. The van der Waals surface area contributed by atoms with E-state index in [2.05, 4.69) is 20.7 Å². The summed E-state index contributed by atoms with van der Waals surface area (Å²) in [6.45, 7) is 0. The Balaban J connectivity index is 1.26. The van der Waals surface area contributed by atoms with Gasteiger partial charge in [0.25, 0.3) is 5.91 Å². The van der Waals surface area contributed by atoms with Crippen LogP contribution in [0.25, 0.3) is 5.69 Å². The Morgan fingerprint density at radius 1 is 1.03 bits per heavy atom. The summed E-state index contributed by atoms with van der Waals surface area (Å²) in [6, 6.07) is 15.5. The average Bonchev–Trinajstić information content (AvgIpc) is 3.68. The van der Waals surface area contributed by atoms with E-state index in [9.17, 15) is 18.8 Å². The molecule has 4 aromatic rings. The number of halogens is 1. The fourth-order valence-corrected chi connectivity index (χ4v) is 3.46. The van der Waals surface area contributed by atoms with Gasteiger partial charge in [-0.2, -0.15) is 4.68 Å². The van der Waals surface area contributed by atoms with E-state index in [-0.39, 0.29) is 23.3 Å². The number of carbonyl (C=O) groups excluding carboxylic acids is 2. The molecule has 1 aliphatic carbocycles. The zero-order valence-electron chi connectivity index (χ0n) is 19.1. The van der Waals surface area contributed by atoms with Crippen molar-refractivity contribution in [2.24, 2.45) is 13.0 Å². The molecule has 2 aromatic heterocycles. The number of aromatic nitrogens is 4. The highest BCUT2D eigenvalue weighted by molar-refractivity contribution is 6.01. The van der Waals surface area contributed by atoms with Gasteiger partial charge in [0.15, 0.2) is 0 Å². The van der Waals surface area contributed by atoms with Crippen molar-refractivity contribution in [2.75, 3.05) is 10.6 Å². The van der Waals surface area contributed by atoms with Gasteiger partial charge >= 0.3 is 5.69 Å². The molecule has 11 heteroatoms. The van der Waals surface area contributed by atoms with Crippen molar-refractivity contribution in [1.82, 2.24) is 19.3 Å². The van der Waals surface area contributed by atoms with E-state index in [1.54, 1.807) is 42.5 Å². The van der Waals surface area contributed by atoms with E-state index in [1.807, 2.05) is 0 Å². The number of hydrogen-bond donors (Lipinski definition) is 2. The zero-order chi connectivity index (χ0) is 25.2. The summed E-state index contributed by atoms with van der Waals surface area (Å²) in [7, 11) is 1.38. The third-order valence-electron chi connectivity index (χ3n) is 5.54. The number of para-hydroxylation sites is 1. The van der Waals surface area contributed by atoms with Gasteiger partial charge in [-0.05, 0) is 55.3 Å². The molecule has 10 nitrogen and oxygen atoms in total. The quantitative estimate of drug-likeness (QED) is 0.411. The van der Waals surface area contributed by atoms with Crippen molar-refractivity contribution < 1.29 is 18.7 Å². The number of hydrogen-bond acceptors (Lipinski definition) is 6. The molecule has 2 aromatic carbocycles. The minimum Gasteiger partial charge on any atom is -0.457 e. The van der Waals surface area contributed by atoms with Gasteiger partial charge < -0.3 is 15.4 Å². The van der Waals surface area contributed by atoms with Crippen LogP contribution in [0.15, 0.2) is 71.7 Å². The van der Waals surface area contributed by atoms with Crippen LogP contribution in [0, 0.1) is 11.7 Å². The SMILES string of the molecule is Cn1c(C(=O)Nc2ccc(Oc3ccnc(NC(=O)C4CC4)c3)cc2)nn(-c2ccccc2F)c1=O. The third kappa shape index (κ3) is 4.85. The highest BCUT2D eigenvalue weighted by Crippen LogP contribution is 2.30. The predicted molar refractivity (Wildman–Crippen MR) is 129 cm³/mol. The molecule has 2 N–H and O–H groups in total. The first-order valence-corrected chi connectivity index (χ1v) is 11.2. The van der Waals surface area contributed by atoms with Crippen LogP contribution in [0.2, 0.25) is 0 Å². The van der Waals surface area contributed by atoms with Gasteiger partial charge in [0.05, 0.1) is 0 Å². The number of rotatable bonds is 7. The van der Waals surface area contributed by atoms with Crippen LogP contribution >= 0.6 is 0 Å². The van der Waals surface area contributed by atoms with Gasteiger partial charge in [-0.3, -0.25) is 14.2 Å². The maximum Gasteiger partial charge on any atom is 0.350 e. The molecule has 1 aliphatic rings. The van der Waals surface area contributed by atoms with E-state index in [1.165, 1.54) is 31.4 Å². The van der Waals surface area contributed by atoms with Gasteiger partial charge in [0.1, 0.15) is 28.8 Å². The molecule has 0 aliphatic heterocycles. The van der Waals surface area contributed by atoms with Gasteiger partial charge in [-0.15, -0.1) is 5.10 Å². The summed E-state index contributed by atoms with van der Waals surface area (Å²) < 4.78 is 21.8. The summed E-state index contributed by atoms with van der Waals surface area (Å²) in [5.41, 5.74) is -0.267. The summed E-state index contributed by atoms with van der Waals surface area (Å²) in [6.07, 6.45) is 3.33. The average molecular weight is 488 g/mol. The largest absolute Gasteiger partial charge is 0.457 e. The van der Waals surface area contributed by atoms with Gasteiger partial charge in [-0.25, -0.2) is 14.2 Å². The van der Waals surface area contributed by atoms with Crippen LogP contribution in [0.5, 0.6) is 11.5 Å². The first-order valence-electron chi connectivity index (χ1n) is 11.2. The number of benzene rings is 2. The summed E-state index contributed by atoms with van der Waals surface area (Å²) in [5, 5.41) is 9.44. The number of carbonyl (C=O) groups is 2. The molecule has 2 amide bonds. The van der Waals surface area contributed by atoms with Crippen molar-refractivity contribution >= 4 is 23.3 Å². The Kier molecular flexibility index (Phi) is 6.03. The number of ether oxygens (including phenoxy) is 1. The Labute approximate surface area is 204 Å². The van der Waals surface area contributed by atoms with Crippen molar-refractivity contribution in [3.8, 4) is 17.2 Å². The van der Waals surface area contributed by atoms with Crippen LogP contribution < -0.4 is 21.1 Å². The molecule has 182 valence electrons. The number of amides is 2. The van der Waals surface area contributed by atoms with Crippen molar-refractivity contribution in [1.29, 1.82) is 0 Å². The maximum absolute atomic E-state index is 14.1. The van der Waals surface area contributed by atoms with E-state index in [0.717, 1.165) is 22.1 Å². The van der Waals surface area contributed by atoms with Crippen LogP contribution in [-0.4, -0.2) is 31.1 Å². The lowest BCUT2D eigenvalue weighted by atomic mass is 10.3. The highest BCUT2D eigenvalue weighted by atomic mass is 19.1. The monoisotopic (exact) mass is 488 g/mol. The molecule has 36 heavy (non-hydrogen) atoms. The third-order valence-corrected chi connectivity index (χ3v) is 5.54. The lowest BCUT2D eigenvalue weighted by Gasteiger charge is -2.09. The fourth-order valence-electron chi connectivity index (χ4n) is 3.46. The molecular weight excluding hydrogens is 467 g/mol. The van der Waals surface area contributed by atoms with Crippen molar-refractivity contribution in [3.05, 3.63) is 89.0 Å². The molecule has 1 fully saturated rings. The Bertz CT molecular complexity index is 1510. The first kappa shape index (κ1) is 23.0. The Morgan fingerprint density at radius 2 is 1.78 bits per heavy atom. The number of anilines is 2. The number of nitrogens with one attached hydrogen (secondary N) is 2. The van der Waals surface area contributed by atoms with Gasteiger partial charge in [0.2, 0.25) is 11.7 Å². The standard InChI is InChI=1S/C25H21FN6O4/c1-31-22(30-32(25(31)35)20-5-3-2-4-19(20)26)24(34)28-16-8-10-17(11-9-16)36-18-12-13-27-21(14-18)29-23(33)15-6-7-15/h2-5,8-15H,6-7H2,1H3,(H,28,34)(H,27,29,33). The summed E-state index contributed by atoms with van der Waals surface area (Å²) in [5.74, 6) is -0.0347. The molecule has 0 bridgehead atoms. The summed E-state index contributed by atoms with van der Waals surface area (Å²) in [4.78, 5) is 41.3. The smallest absolute Gasteiger partial charge is 0.350 e. The second-order valence-electron chi connectivity index (χ2n) is 8.25. The first-order chi connectivity index (χ1) is 17.4. The van der Waals surface area contributed by atoms with Gasteiger partial charge in [0, 0.05) is 30.9 Å². The molecule has 0 atom stereocenters. The minimum atomic E-state index is -0.654. The topological polar surface area (TPSA) is 120 Å². The zero-order valence-corrected chi connectivity index (χ0v) is 19.1. The molecule has 0 radical (unpaired) electrons. The van der Waals surface area contributed by atoms with E-state index >= 15 is 0 Å². The second-order valence-corrected chi connectivity index (χ2v) is 8.25. The highest BCUT2D eigenvalue weighted by Gasteiger charge is 2.29. The van der Waals surface area contributed by atoms with Crippen LogP contribution in [0.1, 0.15) is 23.5 Å². The van der Waals surface area contributed by atoms with Gasteiger partial charge in [-0.1, -0.05) is 12.1 Å². The normalized spacial score (nSPS) is 12.7. The molecule has 2 heterocycles. The second kappa shape index (κ2) is 9.45. The predicted octanol–water partition coefficient (Wildman–Crippen LogP) is 3.50. The lowest BCUT2D eigenvalue weighted by molar-refractivity contribution is -0.117. The van der Waals surface area contributed by atoms with Crippen molar-refractivity contribution in [3.63, 3.8) is 0 Å². The number of nitrogens with zero attached hydrogens (tertiary/aromatic N) is 4. The maximum atomic E-state index is 14.1. The molecular formula is C25H21FN6O4. The molecule has 0 unspecified atom stereocenters. The lowest BCUT2D eigenvalue weighted by Crippen LogP contribution is -2.24. The van der Waals surface area contributed by atoms with Crippen molar-refractivity contribution in [2.45, 2.75) is 12.8 Å².